The lowest BCUT2D eigenvalue weighted by atomic mass is 9.40. The highest BCUT2D eigenvalue weighted by molar-refractivity contribution is 5.90. The van der Waals surface area contributed by atoms with Gasteiger partial charge in [0, 0.05) is 24.2 Å². The molecule has 0 heterocycles. The number of carbonyl (C=O) groups is 2. The van der Waals surface area contributed by atoms with Crippen molar-refractivity contribution in [2.45, 2.75) is 106 Å². The number of ketones is 2. The van der Waals surface area contributed by atoms with Crippen molar-refractivity contribution in [2.75, 3.05) is 0 Å². The first-order chi connectivity index (χ1) is 15.2. The van der Waals surface area contributed by atoms with Crippen molar-refractivity contribution in [2.24, 2.45) is 45.3 Å². The number of allylic oxidation sites excluding steroid dienone is 3. The molecule has 3 nitrogen and oxygen atoms in total. The van der Waals surface area contributed by atoms with Crippen LogP contribution in [0.15, 0.2) is 23.3 Å². The monoisotopic (exact) mass is 454 g/mol. The molecule has 3 saturated carbocycles. The Kier molecular flexibility index (Phi) is 5.96. The molecule has 0 spiro atoms. The molecule has 0 aromatic carbocycles. The van der Waals surface area contributed by atoms with Crippen LogP contribution in [0.25, 0.3) is 0 Å². The van der Waals surface area contributed by atoms with Crippen LogP contribution in [-0.4, -0.2) is 22.8 Å². The summed E-state index contributed by atoms with van der Waals surface area (Å²) < 4.78 is 0. The molecule has 3 fully saturated rings. The fourth-order valence-corrected chi connectivity index (χ4v) is 9.46. The standard InChI is InChI=1S/C30H46O3/c1-18(2)15-20(31)16-19(3)21-9-13-30(8)23-17-24(32)26-27(4,5)25(33)11-12-28(26,6)22(23)10-14-29(21,30)7/h15,17,19,21-22,24,26,32H,9-14,16H2,1-8H3/t19-,21-,22-,24-,26-,28+,29-,30+/m0/s1. The number of fused-ring (bicyclic) bond motifs is 5. The van der Waals surface area contributed by atoms with Crippen molar-refractivity contribution in [1.29, 1.82) is 0 Å². The van der Waals surface area contributed by atoms with Gasteiger partial charge in [0.25, 0.3) is 0 Å². The Morgan fingerprint density at radius 3 is 2.42 bits per heavy atom. The lowest BCUT2D eigenvalue weighted by molar-refractivity contribution is -0.156. The maximum Gasteiger partial charge on any atom is 0.155 e. The second-order valence-corrected chi connectivity index (χ2v) is 13.6. The maximum absolute atomic E-state index is 12.8. The number of aliphatic hydroxyl groups is 1. The van der Waals surface area contributed by atoms with Crippen LogP contribution in [0.3, 0.4) is 0 Å². The highest BCUT2D eigenvalue weighted by atomic mass is 16.3. The summed E-state index contributed by atoms with van der Waals surface area (Å²) in [7, 11) is 0. The third kappa shape index (κ3) is 3.46. The first-order valence-electron chi connectivity index (χ1n) is 13.3. The molecule has 0 saturated heterocycles. The molecule has 0 bridgehead atoms. The summed E-state index contributed by atoms with van der Waals surface area (Å²) in [6.07, 6.45) is 10.2. The van der Waals surface area contributed by atoms with E-state index in [1.807, 2.05) is 13.8 Å². The summed E-state index contributed by atoms with van der Waals surface area (Å²) in [5.41, 5.74) is 2.23. The topological polar surface area (TPSA) is 54.4 Å². The molecular weight excluding hydrogens is 408 g/mol. The molecule has 0 aromatic rings. The zero-order chi connectivity index (χ0) is 24.6. The summed E-state index contributed by atoms with van der Waals surface area (Å²) >= 11 is 0. The molecule has 33 heavy (non-hydrogen) atoms. The van der Waals surface area contributed by atoms with Gasteiger partial charge in [-0.25, -0.2) is 0 Å². The fraction of sp³-hybridized carbons (Fsp3) is 0.800. The first-order valence-corrected chi connectivity index (χ1v) is 13.3. The van der Waals surface area contributed by atoms with Gasteiger partial charge in [-0.05, 0) is 86.0 Å². The van der Waals surface area contributed by atoms with Gasteiger partial charge in [-0.1, -0.05) is 58.8 Å². The highest BCUT2D eigenvalue weighted by Crippen LogP contribution is 2.73. The third-order valence-corrected chi connectivity index (χ3v) is 11.2. The molecule has 1 N–H and O–H groups in total. The van der Waals surface area contributed by atoms with Crippen LogP contribution in [0, 0.1) is 45.3 Å². The number of hydrogen-bond donors (Lipinski definition) is 1. The summed E-state index contributed by atoms with van der Waals surface area (Å²) in [6.45, 7) is 17.7. The predicted octanol–water partition coefficient (Wildman–Crippen LogP) is 6.69. The first kappa shape index (κ1) is 24.9. The van der Waals surface area contributed by atoms with E-state index >= 15 is 0 Å². The Bertz CT molecular complexity index is 906. The van der Waals surface area contributed by atoms with Gasteiger partial charge in [0.15, 0.2) is 5.78 Å². The van der Waals surface area contributed by atoms with Crippen LogP contribution < -0.4 is 0 Å². The van der Waals surface area contributed by atoms with E-state index in [4.69, 9.17) is 0 Å². The molecule has 0 radical (unpaired) electrons. The van der Waals surface area contributed by atoms with Crippen molar-refractivity contribution < 1.29 is 14.7 Å². The zero-order valence-corrected chi connectivity index (χ0v) is 22.3. The molecule has 184 valence electrons. The average Bonchev–Trinajstić information content (AvgIpc) is 2.96. The van der Waals surface area contributed by atoms with Crippen LogP contribution in [0.2, 0.25) is 0 Å². The molecule has 0 unspecified atom stereocenters. The smallest absolute Gasteiger partial charge is 0.155 e. The van der Waals surface area contributed by atoms with Gasteiger partial charge >= 0.3 is 0 Å². The molecule has 0 amide bonds. The lowest BCUT2D eigenvalue weighted by Crippen LogP contribution is -2.60. The summed E-state index contributed by atoms with van der Waals surface area (Å²) in [4.78, 5) is 25.4. The van der Waals surface area contributed by atoms with Crippen LogP contribution in [0.4, 0.5) is 0 Å². The van der Waals surface area contributed by atoms with Crippen molar-refractivity contribution in [3.8, 4) is 0 Å². The van der Waals surface area contributed by atoms with Crippen LogP contribution >= 0.6 is 0 Å². The predicted molar refractivity (Wildman–Crippen MR) is 134 cm³/mol. The van der Waals surface area contributed by atoms with Crippen molar-refractivity contribution >= 4 is 11.6 Å². The Labute approximate surface area is 201 Å². The summed E-state index contributed by atoms with van der Waals surface area (Å²) in [5, 5.41) is 11.5. The number of rotatable bonds is 4. The van der Waals surface area contributed by atoms with E-state index < -0.39 is 11.5 Å². The molecule has 4 aliphatic carbocycles. The van der Waals surface area contributed by atoms with Gasteiger partial charge in [-0.3, -0.25) is 9.59 Å². The minimum atomic E-state index is -0.560. The number of Topliss-reactive ketones (excluding diaryl/α,β-unsaturated/α-hetero) is 1. The maximum atomic E-state index is 12.8. The van der Waals surface area contributed by atoms with Gasteiger partial charge in [0.2, 0.25) is 0 Å². The van der Waals surface area contributed by atoms with Gasteiger partial charge in [-0.15, -0.1) is 0 Å². The van der Waals surface area contributed by atoms with E-state index in [9.17, 15) is 14.7 Å². The van der Waals surface area contributed by atoms with Crippen molar-refractivity contribution in [3.05, 3.63) is 23.3 Å². The van der Waals surface area contributed by atoms with Gasteiger partial charge < -0.3 is 5.11 Å². The van der Waals surface area contributed by atoms with Crippen molar-refractivity contribution in [3.63, 3.8) is 0 Å². The second kappa shape index (κ2) is 7.90. The summed E-state index contributed by atoms with van der Waals surface area (Å²) in [6, 6.07) is 0. The number of carbonyl (C=O) groups excluding carboxylic acids is 2. The molecular formula is C30H46O3. The molecule has 8 atom stereocenters. The quantitative estimate of drug-likeness (QED) is 0.380. The molecule has 0 aliphatic heterocycles. The average molecular weight is 455 g/mol. The van der Waals surface area contributed by atoms with E-state index in [-0.39, 0.29) is 27.9 Å². The van der Waals surface area contributed by atoms with E-state index in [1.54, 1.807) is 6.08 Å². The zero-order valence-electron chi connectivity index (χ0n) is 22.3. The minimum Gasteiger partial charge on any atom is -0.389 e. The highest BCUT2D eigenvalue weighted by Gasteiger charge is 2.66. The number of hydrogen-bond acceptors (Lipinski definition) is 3. The van der Waals surface area contributed by atoms with Gasteiger partial charge in [0.1, 0.15) is 5.78 Å². The normalized spacial score (nSPS) is 44.8. The molecule has 4 rings (SSSR count). The van der Waals surface area contributed by atoms with E-state index in [0.717, 1.165) is 31.3 Å². The lowest BCUT2D eigenvalue weighted by Gasteiger charge is -2.64. The second-order valence-electron chi connectivity index (χ2n) is 13.6. The number of aliphatic hydroxyl groups excluding tert-OH is 1. The van der Waals surface area contributed by atoms with E-state index in [1.165, 1.54) is 12.0 Å². The Hall–Kier alpha value is -1.22. The summed E-state index contributed by atoms with van der Waals surface area (Å²) in [5.74, 6) is 1.88. The largest absolute Gasteiger partial charge is 0.389 e. The van der Waals surface area contributed by atoms with Gasteiger partial charge in [0.05, 0.1) is 6.10 Å². The molecule has 3 heteroatoms. The fourth-order valence-electron chi connectivity index (χ4n) is 9.46. The van der Waals surface area contributed by atoms with Crippen LogP contribution in [-0.2, 0) is 9.59 Å². The Morgan fingerprint density at radius 1 is 1.12 bits per heavy atom. The van der Waals surface area contributed by atoms with E-state index in [2.05, 4.69) is 47.6 Å². The Morgan fingerprint density at radius 2 is 1.79 bits per heavy atom. The third-order valence-electron chi connectivity index (χ3n) is 11.2. The minimum absolute atomic E-state index is 0.00854. The van der Waals surface area contributed by atoms with Crippen molar-refractivity contribution in [1.82, 2.24) is 0 Å². The molecule has 4 aliphatic rings. The van der Waals surface area contributed by atoms with E-state index in [0.29, 0.717) is 36.4 Å². The SMILES string of the molecule is CC(C)=CC(=O)C[C@H](C)[C@@H]1CC[C@]2(C)C3=C[C@H](O)[C@H]4C(C)(C)C(=O)CC[C@]4(C)[C@H]3CC[C@@]12C. The molecule has 0 aromatic heterocycles. The Balaban J connectivity index is 1.69. The van der Waals surface area contributed by atoms with Crippen LogP contribution in [0.5, 0.6) is 0 Å². The van der Waals surface area contributed by atoms with Gasteiger partial charge in [-0.2, -0.15) is 0 Å². The van der Waals surface area contributed by atoms with Crippen LogP contribution in [0.1, 0.15) is 100 Å².